The van der Waals surface area contributed by atoms with Crippen LogP contribution in [0.25, 0.3) is 0 Å². The second-order valence-electron chi connectivity index (χ2n) is 4.50. The number of hydrogen-bond donors (Lipinski definition) is 2. The Balaban J connectivity index is 1.55. The quantitative estimate of drug-likeness (QED) is 0.911. The van der Waals surface area contributed by atoms with Crippen molar-refractivity contribution >= 4 is 23.8 Å². The highest BCUT2D eigenvalue weighted by molar-refractivity contribution is 7.98. The number of carbonyl (C=O) groups is 1. The maximum atomic E-state index is 11.7. The van der Waals surface area contributed by atoms with Crippen molar-refractivity contribution in [1.29, 1.82) is 0 Å². The average molecular weight is 289 g/mol. The number of aromatic amines is 1. The Morgan fingerprint density at radius 2 is 2.25 bits per heavy atom. The maximum Gasteiger partial charge on any atom is 0.414 e. The van der Waals surface area contributed by atoms with E-state index in [1.807, 2.05) is 42.1 Å². The van der Waals surface area contributed by atoms with Crippen LogP contribution in [-0.2, 0) is 23.5 Å². The topological polar surface area (TPSA) is 67.0 Å². The fraction of sp³-hybridized carbons (Fsp3) is 0.286. The molecule has 0 fully saturated rings. The van der Waals surface area contributed by atoms with Gasteiger partial charge in [-0.05, 0) is 11.3 Å². The number of benzene rings is 1. The molecular weight excluding hydrogens is 274 g/mol. The number of anilines is 1. The van der Waals surface area contributed by atoms with Gasteiger partial charge in [0.2, 0.25) is 5.95 Å². The summed E-state index contributed by atoms with van der Waals surface area (Å²) in [6.45, 7) is 0.253. The van der Waals surface area contributed by atoms with Crippen LogP contribution < -0.4 is 5.32 Å². The fourth-order valence-corrected chi connectivity index (χ4v) is 2.95. The predicted molar refractivity (Wildman–Crippen MR) is 78.7 cm³/mol. The summed E-state index contributed by atoms with van der Waals surface area (Å²) >= 11 is 1.86. The number of nitrogens with one attached hydrogen (secondary N) is 2. The summed E-state index contributed by atoms with van der Waals surface area (Å²) in [5, 5.41) is 2.63. The van der Waals surface area contributed by atoms with Crippen molar-refractivity contribution < 1.29 is 9.53 Å². The summed E-state index contributed by atoms with van der Waals surface area (Å²) in [4.78, 5) is 19.2. The van der Waals surface area contributed by atoms with Gasteiger partial charge < -0.3 is 9.72 Å². The molecule has 2 N–H and O–H groups in total. The monoisotopic (exact) mass is 289 g/mol. The number of aryl methyl sites for hydroxylation is 1. The number of carbonyl (C=O) groups excluding carboxylic acids is 1. The van der Waals surface area contributed by atoms with Gasteiger partial charge in [-0.3, -0.25) is 5.32 Å². The summed E-state index contributed by atoms with van der Waals surface area (Å²) in [6.07, 6.45) is 0.449. The smallest absolute Gasteiger partial charge is 0.414 e. The van der Waals surface area contributed by atoms with Crippen molar-refractivity contribution in [3.8, 4) is 0 Å². The Bertz CT molecular complexity index is 574. The van der Waals surface area contributed by atoms with Crippen LogP contribution >= 0.6 is 11.8 Å². The Morgan fingerprint density at radius 1 is 1.40 bits per heavy atom. The van der Waals surface area contributed by atoms with Gasteiger partial charge in [-0.1, -0.05) is 30.3 Å². The maximum absolute atomic E-state index is 11.7. The van der Waals surface area contributed by atoms with E-state index < -0.39 is 6.09 Å². The second kappa shape index (κ2) is 6.00. The molecule has 2 aromatic rings. The second-order valence-corrected chi connectivity index (χ2v) is 5.61. The molecule has 1 aromatic carbocycles. The number of nitrogens with zero attached hydrogens (tertiary/aromatic N) is 1. The van der Waals surface area contributed by atoms with Crippen LogP contribution in [-0.4, -0.2) is 21.8 Å². The minimum atomic E-state index is -0.493. The Kier molecular flexibility index (Phi) is 3.92. The molecule has 0 saturated heterocycles. The molecule has 6 heteroatoms. The molecule has 20 heavy (non-hydrogen) atoms. The van der Waals surface area contributed by atoms with Crippen molar-refractivity contribution in [2.75, 3.05) is 11.1 Å². The highest BCUT2D eigenvalue weighted by atomic mass is 32.2. The van der Waals surface area contributed by atoms with Crippen molar-refractivity contribution in [3.63, 3.8) is 0 Å². The number of rotatable bonds is 3. The van der Waals surface area contributed by atoms with E-state index in [0.29, 0.717) is 5.95 Å². The van der Waals surface area contributed by atoms with Gasteiger partial charge in [0.25, 0.3) is 0 Å². The van der Waals surface area contributed by atoms with Crippen LogP contribution in [0.1, 0.15) is 17.0 Å². The molecule has 0 radical (unpaired) electrons. The zero-order chi connectivity index (χ0) is 13.8. The Morgan fingerprint density at radius 3 is 3.05 bits per heavy atom. The molecular formula is C14H15N3O2S. The number of fused-ring (bicyclic) bond motifs is 1. The van der Waals surface area contributed by atoms with E-state index >= 15 is 0 Å². The SMILES string of the molecule is O=C(Nc1nc2c([nH]1)CSCC2)OCc1ccccc1. The summed E-state index contributed by atoms with van der Waals surface area (Å²) < 4.78 is 5.15. The number of thioether (sulfide) groups is 1. The number of imidazole rings is 1. The molecule has 1 aromatic heterocycles. The van der Waals surface area contributed by atoms with Crippen molar-refractivity contribution in [1.82, 2.24) is 9.97 Å². The summed E-state index contributed by atoms with van der Waals surface area (Å²) in [6, 6.07) is 9.57. The van der Waals surface area contributed by atoms with E-state index in [-0.39, 0.29) is 6.61 Å². The Hall–Kier alpha value is -1.95. The highest BCUT2D eigenvalue weighted by Gasteiger charge is 2.16. The molecule has 0 saturated carbocycles. The van der Waals surface area contributed by atoms with Gasteiger partial charge >= 0.3 is 6.09 Å². The Labute approximate surface area is 121 Å². The highest BCUT2D eigenvalue weighted by Crippen LogP contribution is 2.23. The van der Waals surface area contributed by atoms with Gasteiger partial charge in [0, 0.05) is 17.9 Å². The van der Waals surface area contributed by atoms with Crippen molar-refractivity contribution in [3.05, 3.63) is 47.3 Å². The van der Waals surface area contributed by atoms with Gasteiger partial charge in [-0.2, -0.15) is 11.8 Å². The predicted octanol–water partition coefficient (Wildman–Crippen LogP) is 2.95. The molecule has 5 nitrogen and oxygen atoms in total. The molecule has 1 aliphatic rings. The molecule has 0 atom stereocenters. The fourth-order valence-electron chi connectivity index (χ4n) is 2.03. The van der Waals surface area contributed by atoms with Gasteiger partial charge in [-0.15, -0.1) is 0 Å². The summed E-state index contributed by atoms with van der Waals surface area (Å²) in [5.41, 5.74) is 3.10. The van der Waals surface area contributed by atoms with E-state index in [1.54, 1.807) is 0 Å². The largest absolute Gasteiger partial charge is 0.444 e. The van der Waals surface area contributed by atoms with Crippen LogP contribution in [0.3, 0.4) is 0 Å². The molecule has 104 valence electrons. The van der Waals surface area contributed by atoms with E-state index in [2.05, 4.69) is 15.3 Å². The van der Waals surface area contributed by atoms with Crippen LogP contribution in [0.5, 0.6) is 0 Å². The van der Waals surface area contributed by atoms with Crippen LogP contribution in [0.4, 0.5) is 10.7 Å². The lowest BCUT2D eigenvalue weighted by Gasteiger charge is -2.07. The molecule has 3 rings (SSSR count). The molecule has 0 aliphatic carbocycles. The van der Waals surface area contributed by atoms with Gasteiger partial charge in [0.15, 0.2) is 0 Å². The molecule has 0 unspecified atom stereocenters. The number of H-pyrrole nitrogens is 1. The van der Waals surface area contributed by atoms with Crippen LogP contribution in [0, 0.1) is 0 Å². The number of ether oxygens (including phenoxy) is 1. The third-order valence-electron chi connectivity index (χ3n) is 3.03. The van der Waals surface area contributed by atoms with Gasteiger partial charge in [-0.25, -0.2) is 9.78 Å². The first-order valence-electron chi connectivity index (χ1n) is 6.44. The zero-order valence-corrected chi connectivity index (χ0v) is 11.7. The minimum absolute atomic E-state index is 0.253. The minimum Gasteiger partial charge on any atom is -0.444 e. The first-order valence-corrected chi connectivity index (χ1v) is 7.60. The zero-order valence-electron chi connectivity index (χ0n) is 10.9. The summed E-state index contributed by atoms with van der Waals surface area (Å²) in [7, 11) is 0. The van der Waals surface area contributed by atoms with E-state index in [1.165, 1.54) is 0 Å². The van der Waals surface area contributed by atoms with Gasteiger partial charge in [0.05, 0.1) is 5.69 Å². The lowest BCUT2D eigenvalue weighted by molar-refractivity contribution is 0.155. The normalized spacial score (nSPS) is 13.6. The third kappa shape index (κ3) is 3.14. The van der Waals surface area contributed by atoms with E-state index in [0.717, 1.165) is 34.9 Å². The number of aromatic nitrogens is 2. The first-order chi connectivity index (χ1) is 9.81. The van der Waals surface area contributed by atoms with Crippen molar-refractivity contribution in [2.45, 2.75) is 18.8 Å². The molecule has 1 aliphatic heterocycles. The van der Waals surface area contributed by atoms with Crippen molar-refractivity contribution in [2.24, 2.45) is 0 Å². The van der Waals surface area contributed by atoms with E-state index in [4.69, 9.17) is 4.74 Å². The lowest BCUT2D eigenvalue weighted by Crippen LogP contribution is -2.14. The molecule has 0 bridgehead atoms. The van der Waals surface area contributed by atoms with Crippen LogP contribution in [0.15, 0.2) is 30.3 Å². The number of amides is 1. The molecule has 0 spiro atoms. The first kappa shape index (κ1) is 13.1. The average Bonchev–Trinajstić information content (AvgIpc) is 2.88. The molecule has 1 amide bonds. The van der Waals surface area contributed by atoms with Gasteiger partial charge in [0.1, 0.15) is 6.61 Å². The third-order valence-corrected chi connectivity index (χ3v) is 4.01. The molecule has 2 heterocycles. The van der Waals surface area contributed by atoms with E-state index in [9.17, 15) is 4.79 Å². The van der Waals surface area contributed by atoms with Crippen LogP contribution in [0.2, 0.25) is 0 Å². The standard InChI is InChI=1S/C14H15N3O2S/c18-14(19-8-10-4-2-1-3-5-10)17-13-15-11-6-7-20-9-12(11)16-13/h1-5H,6-9H2,(H2,15,16,17,18). The number of hydrogen-bond acceptors (Lipinski definition) is 4. The lowest BCUT2D eigenvalue weighted by atomic mass is 10.2. The summed E-state index contributed by atoms with van der Waals surface area (Å²) in [5.74, 6) is 2.47.